The third kappa shape index (κ3) is 2.76. The van der Waals surface area contributed by atoms with Crippen LogP contribution in [0.25, 0.3) is 16.7 Å². The highest BCUT2D eigenvalue weighted by atomic mass is 16.1. The van der Waals surface area contributed by atoms with Crippen LogP contribution in [0.15, 0.2) is 53.5 Å². The second-order valence-electron chi connectivity index (χ2n) is 5.95. The molecule has 0 spiro atoms. The molecule has 1 fully saturated rings. The zero-order chi connectivity index (χ0) is 16.4. The van der Waals surface area contributed by atoms with Crippen molar-refractivity contribution in [3.05, 3.63) is 59.0 Å². The van der Waals surface area contributed by atoms with Crippen LogP contribution in [0.5, 0.6) is 0 Å². The first kappa shape index (κ1) is 14.8. The molecule has 0 radical (unpaired) electrons. The molecule has 4 rings (SSSR count). The fraction of sp³-hybridized carbons (Fsp3) is 0.278. The zero-order valence-electron chi connectivity index (χ0n) is 13.3. The summed E-state index contributed by atoms with van der Waals surface area (Å²) in [6, 6.07) is 13.3. The van der Waals surface area contributed by atoms with E-state index in [0.717, 1.165) is 25.9 Å². The van der Waals surface area contributed by atoms with E-state index in [0.29, 0.717) is 28.7 Å². The molecule has 0 unspecified atom stereocenters. The molecular weight excluding hydrogens is 302 g/mol. The number of piperidine rings is 1. The van der Waals surface area contributed by atoms with E-state index in [9.17, 15) is 4.79 Å². The lowest BCUT2D eigenvalue weighted by Crippen LogP contribution is -2.37. The number of rotatable bonds is 3. The van der Waals surface area contributed by atoms with Gasteiger partial charge in [0.05, 0.1) is 10.9 Å². The van der Waals surface area contributed by atoms with Crippen molar-refractivity contribution in [1.29, 1.82) is 0 Å². The highest BCUT2D eigenvalue weighted by molar-refractivity contribution is 5.79. The average molecular weight is 321 g/mol. The van der Waals surface area contributed by atoms with Crippen molar-refractivity contribution in [3.8, 4) is 5.82 Å². The quantitative estimate of drug-likeness (QED) is 0.771. The summed E-state index contributed by atoms with van der Waals surface area (Å²) >= 11 is 0. The van der Waals surface area contributed by atoms with E-state index >= 15 is 0 Å². The van der Waals surface area contributed by atoms with Gasteiger partial charge in [0.2, 0.25) is 5.95 Å². The van der Waals surface area contributed by atoms with Crippen LogP contribution < -0.4 is 16.2 Å². The van der Waals surface area contributed by atoms with E-state index in [-0.39, 0.29) is 5.56 Å². The van der Waals surface area contributed by atoms with Crippen LogP contribution in [-0.4, -0.2) is 33.7 Å². The van der Waals surface area contributed by atoms with Crippen molar-refractivity contribution in [1.82, 2.24) is 19.9 Å². The van der Waals surface area contributed by atoms with Crippen LogP contribution in [-0.2, 0) is 0 Å². The molecule has 1 aromatic carbocycles. The van der Waals surface area contributed by atoms with E-state index in [1.165, 1.54) is 0 Å². The summed E-state index contributed by atoms with van der Waals surface area (Å²) in [6.45, 7) is 1.94. The normalized spacial score (nSPS) is 15.5. The third-order valence-electron chi connectivity index (χ3n) is 4.33. The Kier molecular flexibility index (Phi) is 3.96. The number of nitrogens with zero attached hydrogens (tertiary/aromatic N) is 3. The Morgan fingerprint density at radius 1 is 1.08 bits per heavy atom. The Bertz CT molecular complexity index is 900. The molecule has 1 aliphatic heterocycles. The molecule has 3 aromatic rings. The van der Waals surface area contributed by atoms with Gasteiger partial charge in [0, 0.05) is 12.2 Å². The number of nitrogens with one attached hydrogen (secondary N) is 2. The van der Waals surface area contributed by atoms with Gasteiger partial charge in [-0.25, -0.2) is 14.5 Å². The topological polar surface area (TPSA) is 71.8 Å². The predicted molar refractivity (Wildman–Crippen MR) is 94.6 cm³/mol. The zero-order valence-corrected chi connectivity index (χ0v) is 13.3. The molecule has 24 heavy (non-hydrogen) atoms. The molecule has 122 valence electrons. The predicted octanol–water partition coefficient (Wildman–Crippen LogP) is 1.94. The molecule has 0 amide bonds. The first-order chi connectivity index (χ1) is 11.8. The van der Waals surface area contributed by atoms with Gasteiger partial charge in [0.1, 0.15) is 5.82 Å². The molecule has 1 aliphatic rings. The van der Waals surface area contributed by atoms with E-state index in [4.69, 9.17) is 4.98 Å². The molecule has 2 N–H and O–H groups in total. The number of pyridine rings is 1. The summed E-state index contributed by atoms with van der Waals surface area (Å²) < 4.78 is 1.57. The fourth-order valence-corrected chi connectivity index (χ4v) is 3.08. The summed E-state index contributed by atoms with van der Waals surface area (Å²) in [6.07, 6.45) is 3.70. The molecule has 6 heteroatoms. The SMILES string of the molecule is O=c1c2ccccc2nc(NC2CCNCC2)n1-c1ccccn1. The molecule has 1 saturated heterocycles. The second kappa shape index (κ2) is 6.41. The van der Waals surface area contributed by atoms with Crippen molar-refractivity contribution >= 4 is 16.9 Å². The van der Waals surface area contributed by atoms with Crippen molar-refractivity contribution in [2.24, 2.45) is 0 Å². The molecule has 0 bridgehead atoms. The van der Waals surface area contributed by atoms with Gasteiger partial charge in [-0.1, -0.05) is 18.2 Å². The number of fused-ring (bicyclic) bond motifs is 1. The standard InChI is InChI=1S/C18H19N5O/c24-17-14-5-1-2-6-15(14)22-18(21-13-8-11-19-12-9-13)23(17)16-7-3-4-10-20-16/h1-7,10,13,19H,8-9,11-12H2,(H,21,22). The summed E-state index contributed by atoms with van der Waals surface area (Å²) in [4.78, 5) is 22.1. The van der Waals surface area contributed by atoms with Gasteiger partial charge < -0.3 is 10.6 Å². The largest absolute Gasteiger partial charge is 0.352 e. The number of hydrogen-bond donors (Lipinski definition) is 2. The Hall–Kier alpha value is -2.73. The van der Waals surface area contributed by atoms with Crippen LogP contribution in [0.1, 0.15) is 12.8 Å². The van der Waals surface area contributed by atoms with E-state index in [1.807, 2.05) is 36.4 Å². The van der Waals surface area contributed by atoms with Crippen molar-refractivity contribution in [2.75, 3.05) is 18.4 Å². The van der Waals surface area contributed by atoms with Gasteiger partial charge in [0.15, 0.2) is 0 Å². The van der Waals surface area contributed by atoms with Gasteiger partial charge in [-0.15, -0.1) is 0 Å². The highest BCUT2D eigenvalue weighted by Crippen LogP contribution is 2.17. The minimum Gasteiger partial charge on any atom is -0.352 e. The van der Waals surface area contributed by atoms with Crippen molar-refractivity contribution in [2.45, 2.75) is 18.9 Å². The summed E-state index contributed by atoms with van der Waals surface area (Å²) in [5.74, 6) is 1.14. The van der Waals surface area contributed by atoms with Gasteiger partial charge >= 0.3 is 0 Å². The maximum absolute atomic E-state index is 13.0. The maximum Gasteiger partial charge on any atom is 0.268 e. The maximum atomic E-state index is 13.0. The van der Waals surface area contributed by atoms with Crippen LogP contribution in [0.2, 0.25) is 0 Å². The van der Waals surface area contributed by atoms with Crippen LogP contribution in [0, 0.1) is 0 Å². The van der Waals surface area contributed by atoms with E-state index in [2.05, 4.69) is 15.6 Å². The van der Waals surface area contributed by atoms with Gasteiger partial charge in [-0.05, 0) is 50.2 Å². The molecule has 0 atom stereocenters. The number of hydrogen-bond acceptors (Lipinski definition) is 5. The minimum atomic E-state index is -0.101. The lowest BCUT2D eigenvalue weighted by Gasteiger charge is -2.25. The minimum absolute atomic E-state index is 0.101. The summed E-state index contributed by atoms with van der Waals surface area (Å²) in [7, 11) is 0. The molecule has 0 saturated carbocycles. The molecule has 0 aliphatic carbocycles. The first-order valence-corrected chi connectivity index (χ1v) is 8.23. The Balaban J connectivity index is 1.88. The lowest BCUT2D eigenvalue weighted by molar-refractivity contribution is 0.476. The van der Waals surface area contributed by atoms with Crippen LogP contribution in [0.4, 0.5) is 5.95 Å². The van der Waals surface area contributed by atoms with Gasteiger partial charge in [-0.2, -0.15) is 0 Å². The average Bonchev–Trinajstić information content (AvgIpc) is 2.64. The number of benzene rings is 1. The van der Waals surface area contributed by atoms with E-state index in [1.54, 1.807) is 16.8 Å². The van der Waals surface area contributed by atoms with Crippen molar-refractivity contribution in [3.63, 3.8) is 0 Å². The number of anilines is 1. The van der Waals surface area contributed by atoms with E-state index < -0.39 is 0 Å². The lowest BCUT2D eigenvalue weighted by atomic mass is 10.1. The Morgan fingerprint density at radius 2 is 1.88 bits per heavy atom. The monoisotopic (exact) mass is 321 g/mol. The van der Waals surface area contributed by atoms with Crippen molar-refractivity contribution < 1.29 is 0 Å². The second-order valence-corrected chi connectivity index (χ2v) is 5.95. The smallest absolute Gasteiger partial charge is 0.268 e. The fourth-order valence-electron chi connectivity index (χ4n) is 3.08. The summed E-state index contributed by atoms with van der Waals surface area (Å²) in [5.41, 5.74) is 0.599. The first-order valence-electron chi connectivity index (χ1n) is 8.23. The third-order valence-corrected chi connectivity index (χ3v) is 4.33. The van der Waals surface area contributed by atoms with Gasteiger partial charge in [0.25, 0.3) is 5.56 Å². The molecule has 2 aromatic heterocycles. The van der Waals surface area contributed by atoms with Gasteiger partial charge in [-0.3, -0.25) is 4.79 Å². The van der Waals surface area contributed by atoms with Crippen LogP contribution in [0.3, 0.4) is 0 Å². The number of aromatic nitrogens is 3. The highest BCUT2D eigenvalue weighted by Gasteiger charge is 2.18. The summed E-state index contributed by atoms with van der Waals surface area (Å²) in [5, 5.41) is 7.40. The molecular formula is C18H19N5O. The number of para-hydroxylation sites is 1. The Morgan fingerprint density at radius 3 is 2.67 bits per heavy atom. The molecule has 3 heterocycles. The Labute approximate surface area is 139 Å². The van der Waals surface area contributed by atoms with Crippen LogP contribution >= 0.6 is 0 Å². The molecule has 6 nitrogen and oxygen atoms in total.